The average molecular weight is 289 g/mol. The van der Waals surface area contributed by atoms with Gasteiger partial charge >= 0.3 is 0 Å². The van der Waals surface area contributed by atoms with Crippen molar-refractivity contribution in [2.45, 2.75) is 19.9 Å². The van der Waals surface area contributed by atoms with Gasteiger partial charge in [-0.3, -0.25) is 0 Å². The van der Waals surface area contributed by atoms with E-state index >= 15 is 0 Å². The Kier molecular flexibility index (Phi) is 3.53. The van der Waals surface area contributed by atoms with Crippen LogP contribution < -0.4 is 4.90 Å². The molecule has 0 aromatic heterocycles. The van der Waals surface area contributed by atoms with E-state index < -0.39 is 17.4 Å². The molecule has 0 fully saturated rings. The molecule has 110 valence electrons. The van der Waals surface area contributed by atoms with Crippen molar-refractivity contribution in [3.8, 4) is 5.75 Å². The highest BCUT2D eigenvalue weighted by Crippen LogP contribution is 2.31. The van der Waals surface area contributed by atoms with Crippen molar-refractivity contribution in [1.29, 1.82) is 0 Å². The summed E-state index contributed by atoms with van der Waals surface area (Å²) in [6.45, 7) is 3.44. The molecular weight excluding hydrogens is 272 g/mol. The van der Waals surface area contributed by atoms with Gasteiger partial charge in [0.15, 0.2) is 17.4 Å². The van der Waals surface area contributed by atoms with Crippen LogP contribution in [-0.2, 0) is 13.0 Å². The molecule has 2 aromatic carbocycles. The van der Waals surface area contributed by atoms with E-state index in [1.165, 1.54) is 17.7 Å². The van der Waals surface area contributed by atoms with Crippen LogP contribution in [0, 0.1) is 17.6 Å². The molecule has 0 spiro atoms. The van der Waals surface area contributed by atoms with Gasteiger partial charge in [0.05, 0.1) is 0 Å². The Labute approximate surface area is 122 Å². The fourth-order valence-corrected chi connectivity index (χ4v) is 2.99. The Bertz CT molecular complexity index is 649. The van der Waals surface area contributed by atoms with Crippen LogP contribution in [0.3, 0.4) is 0 Å². The van der Waals surface area contributed by atoms with Gasteiger partial charge < -0.3 is 10.0 Å². The topological polar surface area (TPSA) is 23.5 Å². The second-order valence-corrected chi connectivity index (χ2v) is 5.73. The van der Waals surface area contributed by atoms with E-state index in [2.05, 4.69) is 17.9 Å². The van der Waals surface area contributed by atoms with Crippen molar-refractivity contribution in [2.24, 2.45) is 5.92 Å². The van der Waals surface area contributed by atoms with E-state index in [4.69, 9.17) is 0 Å². The van der Waals surface area contributed by atoms with E-state index in [0.717, 1.165) is 18.7 Å². The summed E-state index contributed by atoms with van der Waals surface area (Å²) in [4.78, 5) is 2.13. The minimum absolute atomic E-state index is 0.426. The lowest BCUT2D eigenvalue weighted by Gasteiger charge is -2.35. The molecule has 1 N–H and O–H groups in total. The first-order valence-electron chi connectivity index (χ1n) is 7.04. The Morgan fingerprint density at radius 2 is 1.86 bits per heavy atom. The zero-order valence-corrected chi connectivity index (χ0v) is 11.8. The molecule has 0 bridgehead atoms. The smallest absolute Gasteiger partial charge is 0.187 e. The number of aromatic hydroxyl groups is 1. The van der Waals surface area contributed by atoms with Crippen LogP contribution in [0.25, 0.3) is 0 Å². The van der Waals surface area contributed by atoms with Crippen LogP contribution in [0.4, 0.5) is 14.5 Å². The molecule has 0 saturated heterocycles. The first kappa shape index (κ1) is 13.9. The molecule has 1 atom stereocenters. The van der Waals surface area contributed by atoms with Crippen molar-refractivity contribution in [2.75, 3.05) is 11.4 Å². The fraction of sp³-hybridized carbons (Fsp3) is 0.294. The highest BCUT2D eigenvalue weighted by atomic mass is 19.1. The summed E-state index contributed by atoms with van der Waals surface area (Å²) in [7, 11) is 0. The number of nitrogens with zero attached hydrogens (tertiary/aromatic N) is 1. The highest BCUT2D eigenvalue weighted by molar-refractivity contribution is 5.56. The minimum Gasteiger partial charge on any atom is -0.503 e. The number of fused-ring (bicyclic) bond motifs is 1. The van der Waals surface area contributed by atoms with Crippen molar-refractivity contribution in [1.82, 2.24) is 0 Å². The van der Waals surface area contributed by atoms with Gasteiger partial charge in [-0.15, -0.1) is 0 Å². The maximum atomic E-state index is 13.5. The first-order valence-corrected chi connectivity index (χ1v) is 7.04. The van der Waals surface area contributed by atoms with Crippen LogP contribution in [0.5, 0.6) is 5.75 Å². The standard InChI is InChI=1S/C17H17F2NO/c1-11-6-13-4-2-3-5-16(13)20(9-11)10-12-7-14(18)17(21)15(19)8-12/h2-5,7-8,11,21H,6,9-10H2,1H3. The molecule has 0 aliphatic carbocycles. The van der Waals surface area contributed by atoms with Crippen LogP contribution in [0.15, 0.2) is 36.4 Å². The zero-order chi connectivity index (χ0) is 15.0. The summed E-state index contributed by atoms with van der Waals surface area (Å²) >= 11 is 0. The Hall–Kier alpha value is -2.10. The lowest BCUT2D eigenvalue weighted by molar-refractivity contribution is 0.395. The van der Waals surface area contributed by atoms with Crippen molar-refractivity contribution in [3.63, 3.8) is 0 Å². The second kappa shape index (κ2) is 5.35. The number of benzene rings is 2. The van der Waals surface area contributed by atoms with Crippen LogP contribution in [0.1, 0.15) is 18.1 Å². The third-order valence-corrected chi connectivity index (χ3v) is 3.88. The number of halogens is 2. The number of rotatable bonds is 2. The highest BCUT2D eigenvalue weighted by Gasteiger charge is 2.22. The van der Waals surface area contributed by atoms with E-state index in [9.17, 15) is 13.9 Å². The fourth-order valence-electron chi connectivity index (χ4n) is 2.99. The van der Waals surface area contributed by atoms with Crippen LogP contribution in [0.2, 0.25) is 0 Å². The van der Waals surface area contributed by atoms with Crippen molar-refractivity contribution in [3.05, 3.63) is 59.2 Å². The predicted octanol–water partition coefficient (Wildman–Crippen LogP) is 3.87. The van der Waals surface area contributed by atoms with Crippen molar-refractivity contribution < 1.29 is 13.9 Å². The summed E-state index contributed by atoms with van der Waals surface area (Å²) < 4.78 is 26.9. The number of anilines is 1. The van der Waals surface area contributed by atoms with Gasteiger partial charge in [0, 0.05) is 18.8 Å². The summed E-state index contributed by atoms with van der Waals surface area (Å²) in [5.41, 5.74) is 2.90. The molecule has 3 rings (SSSR count). The van der Waals surface area contributed by atoms with E-state index in [1.807, 2.05) is 18.2 Å². The molecule has 1 aliphatic rings. The van der Waals surface area contributed by atoms with Gasteiger partial charge in [-0.05, 0) is 41.7 Å². The Morgan fingerprint density at radius 3 is 2.57 bits per heavy atom. The monoisotopic (exact) mass is 289 g/mol. The minimum atomic E-state index is -0.914. The lowest BCUT2D eigenvalue weighted by Crippen LogP contribution is -2.33. The van der Waals surface area contributed by atoms with Gasteiger partial charge in [-0.1, -0.05) is 25.1 Å². The predicted molar refractivity (Wildman–Crippen MR) is 78.4 cm³/mol. The number of hydrogen-bond donors (Lipinski definition) is 1. The molecule has 21 heavy (non-hydrogen) atoms. The zero-order valence-electron chi connectivity index (χ0n) is 11.8. The number of phenols is 1. The lowest BCUT2D eigenvalue weighted by atomic mass is 9.93. The molecule has 0 radical (unpaired) electrons. The summed E-state index contributed by atoms with van der Waals surface area (Å²) in [5, 5.41) is 9.17. The molecule has 2 aromatic rings. The van der Waals surface area contributed by atoms with Gasteiger partial charge in [0.25, 0.3) is 0 Å². The molecular formula is C17H17F2NO. The SMILES string of the molecule is CC1Cc2ccccc2N(Cc2cc(F)c(O)c(F)c2)C1. The third kappa shape index (κ3) is 2.71. The van der Waals surface area contributed by atoms with Crippen LogP contribution >= 0.6 is 0 Å². The van der Waals surface area contributed by atoms with Crippen LogP contribution in [-0.4, -0.2) is 11.7 Å². The van der Waals surface area contributed by atoms with E-state index in [1.54, 1.807) is 0 Å². The van der Waals surface area contributed by atoms with Crippen molar-refractivity contribution >= 4 is 5.69 Å². The molecule has 1 aliphatic heterocycles. The molecule has 4 heteroatoms. The maximum Gasteiger partial charge on any atom is 0.187 e. The molecule has 2 nitrogen and oxygen atoms in total. The number of phenolic OH excluding ortho intramolecular Hbond substituents is 1. The summed E-state index contributed by atoms with van der Waals surface area (Å²) in [5.74, 6) is -2.25. The average Bonchev–Trinajstić information content (AvgIpc) is 2.44. The second-order valence-electron chi connectivity index (χ2n) is 5.73. The van der Waals surface area contributed by atoms with Gasteiger partial charge in [0.2, 0.25) is 0 Å². The quantitative estimate of drug-likeness (QED) is 0.907. The normalized spacial score (nSPS) is 17.7. The molecule has 0 amide bonds. The van der Waals surface area contributed by atoms with E-state index in [-0.39, 0.29) is 0 Å². The largest absolute Gasteiger partial charge is 0.503 e. The molecule has 1 unspecified atom stereocenters. The van der Waals surface area contributed by atoms with Gasteiger partial charge in [-0.25, -0.2) is 8.78 Å². The molecule has 0 saturated carbocycles. The maximum absolute atomic E-state index is 13.5. The summed E-state index contributed by atoms with van der Waals surface area (Å²) in [6.07, 6.45) is 1.02. The Morgan fingerprint density at radius 1 is 1.19 bits per heavy atom. The first-order chi connectivity index (χ1) is 10.0. The van der Waals surface area contributed by atoms with Gasteiger partial charge in [0.1, 0.15) is 0 Å². The number of para-hydroxylation sites is 1. The van der Waals surface area contributed by atoms with Gasteiger partial charge in [-0.2, -0.15) is 0 Å². The Balaban J connectivity index is 1.92. The molecule has 1 heterocycles. The van der Waals surface area contributed by atoms with E-state index in [0.29, 0.717) is 18.0 Å². The summed E-state index contributed by atoms with van der Waals surface area (Å²) in [6, 6.07) is 10.5. The number of hydrogen-bond acceptors (Lipinski definition) is 2. The third-order valence-electron chi connectivity index (χ3n) is 3.88.